The maximum absolute atomic E-state index is 5.68. The summed E-state index contributed by atoms with van der Waals surface area (Å²) in [6.45, 7) is 0. The molecule has 2 rings (SSSR count). The Balaban J connectivity index is 2.19. The molecule has 0 aromatic carbocycles. The summed E-state index contributed by atoms with van der Waals surface area (Å²) in [5.41, 5.74) is 6.76. The summed E-state index contributed by atoms with van der Waals surface area (Å²) in [5, 5.41) is 3.46. The van der Waals surface area contributed by atoms with Crippen molar-refractivity contribution in [2.45, 2.75) is 31.3 Å². The van der Waals surface area contributed by atoms with Crippen LogP contribution in [-0.4, -0.2) is 12.1 Å². The van der Waals surface area contributed by atoms with Crippen LogP contribution in [0.4, 0.5) is 0 Å². The summed E-state index contributed by atoms with van der Waals surface area (Å²) >= 11 is 0. The van der Waals surface area contributed by atoms with Gasteiger partial charge in [0, 0.05) is 24.2 Å². The third kappa shape index (κ3) is 0.833. The lowest BCUT2D eigenvalue weighted by Gasteiger charge is -2.17. The maximum atomic E-state index is 5.68. The molecule has 2 nitrogen and oxygen atoms in total. The molecule has 0 aromatic rings. The maximum Gasteiger partial charge on any atom is 0.0272 e. The summed E-state index contributed by atoms with van der Waals surface area (Å²) in [5.74, 6) is 0. The molecule has 1 saturated heterocycles. The first kappa shape index (κ1) is 5.30. The second kappa shape index (κ2) is 1.74. The number of rotatable bonds is 0. The highest BCUT2D eigenvalue weighted by Crippen LogP contribution is 2.23. The molecule has 2 unspecified atom stereocenters. The standard InChI is InChI=1S/C7H12N2/c8-5-3-6-1-2-7(4-5)9-6/h3,6-7,9H,1-2,4,8H2. The first-order chi connectivity index (χ1) is 4.34. The molecule has 2 bridgehead atoms. The average Bonchev–Trinajstić information content (AvgIpc) is 2.11. The summed E-state index contributed by atoms with van der Waals surface area (Å²) in [6.07, 6.45) is 5.81. The molecule has 2 aliphatic heterocycles. The highest BCUT2D eigenvalue weighted by molar-refractivity contribution is 5.13. The van der Waals surface area contributed by atoms with Crippen molar-refractivity contribution in [2.75, 3.05) is 0 Å². The molecular formula is C7H12N2. The fourth-order valence-electron chi connectivity index (χ4n) is 1.75. The van der Waals surface area contributed by atoms with Crippen molar-refractivity contribution in [3.8, 4) is 0 Å². The molecule has 2 atom stereocenters. The van der Waals surface area contributed by atoms with Crippen LogP contribution >= 0.6 is 0 Å². The molecule has 9 heavy (non-hydrogen) atoms. The largest absolute Gasteiger partial charge is 0.402 e. The minimum Gasteiger partial charge on any atom is -0.402 e. The summed E-state index contributed by atoms with van der Waals surface area (Å²) < 4.78 is 0. The lowest BCUT2D eigenvalue weighted by Crippen LogP contribution is -2.33. The first-order valence-corrected chi connectivity index (χ1v) is 3.57. The molecule has 2 heterocycles. The second-order valence-electron chi connectivity index (χ2n) is 2.99. The lowest BCUT2D eigenvalue weighted by molar-refractivity contribution is 0.546. The predicted octanol–water partition coefficient (Wildman–Crippen LogP) is 0.353. The molecule has 0 saturated carbocycles. The molecule has 0 amide bonds. The molecule has 2 aliphatic rings. The number of fused-ring (bicyclic) bond motifs is 2. The SMILES string of the molecule is NC1=CC2CCC(C1)N2. The molecule has 3 N–H and O–H groups in total. The van der Waals surface area contributed by atoms with Gasteiger partial charge in [0.2, 0.25) is 0 Å². The monoisotopic (exact) mass is 124 g/mol. The smallest absolute Gasteiger partial charge is 0.0272 e. The van der Waals surface area contributed by atoms with E-state index in [1.165, 1.54) is 12.8 Å². The van der Waals surface area contributed by atoms with Crippen LogP contribution < -0.4 is 11.1 Å². The van der Waals surface area contributed by atoms with Gasteiger partial charge in [-0.1, -0.05) is 0 Å². The van der Waals surface area contributed by atoms with Gasteiger partial charge in [-0.25, -0.2) is 0 Å². The van der Waals surface area contributed by atoms with Crippen molar-refractivity contribution >= 4 is 0 Å². The van der Waals surface area contributed by atoms with E-state index in [1.54, 1.807) is 0 Å². The molecule has 0 spiro atoms. The predicted molar refractivity (Wildman–Crippen MR) is 36.8 cm³/mol. The Hall–Kier alpha value is -0.500. The third-order valence-electron chi connectivity index (χ3n) is 2.17. The van der Waals surface area contributed by atoms with Gasteiger partial charge in [0.05, 0.1) is 0 Å². The molecule has 50 valence electrons. The summed E-state index contributed by atoms with van der Waals surface area (Å²) in [4.78, 5) is 0. The minimum atomic E-state index is 0.601. The van der Waals surface area contributed by atoms with E-state index >= 15 is 0 Å². The normalized spacial score (nSPS) is 40.7. The summed E-state index contributed by atoms with van der Waals surface area (Å²) in [6, 6.07) is 1.30. The van der Waals surface area contributed by atoms with Crippen LogP contribution in [0.25, 0.3) is 0 Å². The van der Waals surface area contributed by atoms with E-state index < -0.39 is 0 Å². The van der Waals surface area contributed by atoms with E-state index in [0.29, 0.717) is 12.1 Å². The Morgan fingerprint density at radius 3 is 3.22 bits per heavy atom. The van der Waals surface area contributed by atoms with Crippen molar-refractivity contribution in [3.05, 3.63) is 11.8 Å². The average molecular weight is 124 g/mol. The van der Waals surface area contributed by atoms with Crippen LogP contribution in [0.3, 0.4) is 0 Å². The second-order valence-corrected chi connectivity index (χ2v) is 2.99. The van der Waals surface area contributed by atoms with Gasteiger partial charge in [0.15, 0.2) is 0 Å². The van der Waals surface area contributed by atoms with Crippen LogP contribution in [0, 0.1) is 0 Å². The molecular weight excluding hydrogens is 112 g/mol. The van der Waals surface area contributed by atoms with Crippen molar-refractivity contribution in [3.63, 3.8) is 0 Å². The quantitative estimate of drug-likeness (QED) is 0.489. The lowest BCUT2D eigenvalue weighted by atomic mass is 10.1. The van der Waals surface area contributed by atoms with E-state index in [1.807, 2.05) is 0 Å². The van der Waals surface area contributed by atoms with Crippen molar-refractivity contribution in [1.82, 2.24) is 5.32 Å². The highest BCUT2D eigenvalue weighted by Gasteiger charge is 2.26. The molecule has 0 aliphatic carbocycles. The first-order valence-electron chi connectivity index (χ1n) is 3.57. The Morgan fingerprint density at radius 1 is 1.56 bits per heavy atom. The topological polar surface area (TPSA) is 38.0 Å². The van der Waals surface area contributed by atoms with E-state index in [-0.39, 0.29) is 0 Å². The zero-order valence-corrected chi connectivity index (χ0v) is 5.43. The van der Waals surface area contributed by atoms with Crippen LogP contribution in [0.2, 0.25) is 0 Å². The number of nitrogens with one attached hydrogen (secondary N) is 1. The van der Waals surface area contributed by atoms with Crippen molar-refractivity contribution in [1.29, 1.82) is 0 Å². The fourth-order valence-corrected chi connectivity index (χ4v) is 1.75. The molecule has 0 radical (unpaired) electrons. The van der Waals surface area contributed by atoms with Gasteiger partial charge in [-0.05, 0) is 18.9 Å². The molecule has 1 fully saturated rings. The van der Waals surface area contributed by atoms with Gasteiger partial charge in [0.25, 0.3) is 0 Å². The van der Waals surface area contributed by atoms with Crippen LogP contribution in [-0.2, 0) is 0 Å². The van der Waals surface area contributed by atoms with E-state index in [0.717, 1.165) is 12.1 Å². The van der Waals surface area contributed by atoms with Gasteiger partial charge in [-0.3, -0.25) is 0 Å². The van der Waals surface area contributed by atoms with Gasteiger partial charge >= 0.3 is 0 Å². The molecule has 0 aromatic heterocycles. The van der Waals surface area contributed by atoms with Gasteiger partial charge < -0.3 is 11.1 Å². The minimum absolute atomic E-state index is 0.601. The van der Waals surface area contributed by atoms with Crippen LogP contribution in [0.1, 0.15) is 19.3 Å². The Kier molecular flexibility index (Phi) is 1.02. The van der Waals surface area contributed by atoms with Gasteiger partial charge in [-0.2, -0.15) is 0 Å². The number of hydrogen-bond acceptors (Lipinski definition) is 2. The van der Waals surface area contributed by atoms with E-state index in [4.69, 9.17) is 5.73 Å². The van der Waals surface area contributed by atoms with Crippen molar-refractivity contribution in [2.24, 2.45) is 5.73 Å². The van der Waals surface area contributed by atoms with Gasteiger partial charge in [0.1, 0.15) is 0 Å². The number of nitrogens with two attached hydrogens (primary N) is 1. The summed E-state index contributed by atoms with van der Waals surface area (Å²) in [7, 11) is 0. The number of hydrogen-bond donors (Lipinski definition) is 2. The van der Waals surface area contributed by atoms with E-state index in [2.05, 4.69) is 11.4 Å². The van der Waals surface area contributed by atoms with Gasteiger partial charge in [-0.15, -0.1) is 0 Å². The van der Waals surface area contributed by atoms with E-state index in [9.17, 15) is 0 Å². The van der Waals surface area contributed by atoms with Crippen molar-refractivity contribution < 1.29 is 0 Å². The zero-order chi connectivity index (χ0) is 6.27. The fraction of sp³-hybridized carbons (Fsp3) is 0.714. The third-order valence-corrected chi connectivity index (χ3v) is 2.17. The van der Waals surface area contributed by atoms with Crippen LogP contribution in [0.5, 0.6) is 0 Å². The van der Waals surface area contributed by atoms with Crippen LogP contribution in [0.15, 0.2) is 11.8 Å². The highest BCUT2D eigenvalue weighted by atomic mass is 15.0. The molecule has 2 heteroatoms. The Labute approximate surface area is 55.1 Å². The zero-order valence-electron chi connectivity index (χ0n) is 5.43. The Bertz CT molecular complexity index is 151. The Morgan fingerprint density at radius 2 is 2.44 bits per heavy atom.